The van der Waals surface area contributed by atoms with Crippen LogP contribution in [0.25, 0.3) is 0 Å². The Morgan fingerprint density at radius 1 is 1.73 bits per heavy atom. The van der Waals surface area contributed by atoms with Crippen LogP contribution < -0.4 is 5.32 Å². The maximum atomic E-state index is 8.11. The zero-order chi connectivity index (χ0) is 8.53. The molecule has 0 aliphatic carbocycles. The molecule has 3 nitrogen and oxygen atoms in total. The number of allylic oxidation sites excluding steroid dienone is 2. The Morgan fingerprint density at radius 3 is 2.91 bits per heavy atom. The highest BCUT2D eigenvalue weighted by Crippen LogP contribution is 1.98. The first-order valence-corrected chi connectivity index (χ1v) is 3.48. The highest BCUT2D eigenvalue weighted by atomic mass is 16.4. The van der Waals surface area contributed by atoms with E-state index >= 15 is 0 Å². The second-order valence-electron chi connectivity index (χ2n) is 2.06. The van der Waals surface area contributed by atoms with Gasteiger partial charge in [-0.1, -0.05) is 17.8 Å². The van der Waals surface area contributed by atoms with Crippen LogP contribution in [0, 0.1) is 0 Å². The molecule has 0 aromatic rings. The zero-order valence-electron chi connectivity index (χ0n) is 6.75. The summed E-state index contributed by atoms with van der Waals surface area (Å²) in [4.78, 5) is 0. The molecule has 0 fully saturated rings. The van der Waals surface area contributed by atoms with E-state index in [0.29, 0.717) is 0 Å². The van der Waals surface area contributed by atoms with E-state index in [2.05, 4.69) is 17.1 Å². The summed E-state index contributed by atoms with van der Waals surface area (Å²) >= 11 is 0. The molecule has 3 heteroatoms. The first kappa shape index (κ1) is 9.91. The maximum absolute atomic E-state index is 8.11. The zero-order valence-corrected chi connectivity index (χ0v) is 6.75. The van der Waals surface area contributed by atoms with Crippen molar-refractivity contribution in [1.29, 1.82) is 0 Å². The number of nitrogens with zero attached hydrogens (tertiary/aromatic N) is 1. The smallest absolute Gasteiger partial charge is 0.0664 e. The average Bonchev–Trinajstić information content (AvgIpc) is 2.05. The normalized spacial score (nSPS) is 12.3. The lowest BCUT2D eigenvalue weighted by Gasteiger charge is -1.98. The number of nitrogens with one attached hydrogen (secondary N) is 1. The molecule has 0 aromatic carbocycles. The summed E-state index contributed by atoms with van der Waals surface area (Å²) in [5.41, 5.74) is 1.05. The van der Waals surface area contributed by atoms with Gasteiger partial charge in [0.1, 0.15) is 0 Å². The molecule has 0 amide bonds. The third-order valence-electron chi connectivity index (χ3n) is 1.28. The summed E-state index contributed by atoms with van der Waals surface area (Å²) in [5, 5.41) is 14.0. The lowest BCUT2D eigenvalue weighted by Crippen LogP contribution is -2.07. The summed E-state index contributed by atoms with van der Waals surface area (Å²) < 4.78 is 0. The third kappa shape index (κ3) is 5.36. The van der Waals surface area contributed by atoms with E-state index in [4.69, 9.17) is 5.21 Å². The van der Waals surface area contributed by atoms with Gasteiger partial charge in [-0.2, -0.15) is 0 Å². The molecule has 0 aliphatic heterocycles. The van der Waals surface area contributed by atoms with Gasteiger partial charge in [0.2, 0.25) is 0 Å². The molecule has 0 atom stereocenters. The van der Waals surface area contributed by atoms with E-state index in [-0.39, 0.29) is 0 Å². The van der Waals surface area contributed by atoms with Gasteiger partial charge in [-0.05, 0) is 31.7 Å². The quantitative estimate of drug-likeness (QED) is 0.270. The maximum Gasteiger partial charge on any atom is 0.0664 e. The highest BCUT2D eigenvalue weighted by Gasteiger charge is 1.87. The van der Waals surface area contributed by atoms with Crippen LogP contribution in [0.5, 0.6) is 0 Å². The molecule has 0 aromatic heterocycles. The summed E-state index contributed by atoms with van der Waals surface area (Å²) in [5.74, 6) is 0. The SMILES string of the molecule is C=C/C(=C\C=NO)CCNC. The molecular weight excluding hydrogens is 140 g/mol. The number of hydrogen-bond donors (Lipinski definition) is 2. The van der Waals surface area contributed by atoms with Gasteiger partial charge in [0.05, 0.1) is 6.21 Å². The van der Waals surface area contributed by atoms with Crippen LogP contribution in [0.1, 0.15) is 6.42 Å². The minimum Gasteiger partial charge on any atom is -0.411 e. The minimum absolute atomic E-state index is 0.895. The fraction of sp³-hybridized carbons (Fsp3) is 0.375. The van der Waals surface area contributed by atoms with E-state index in [9.17, 15) is 0 Å². The van der Waals surface area contributed by atoms with Crippen LogP contribution in [0.2, 0.25) is 0 Å². The van der Waals surface area contributed by atoms with Gasteiger partial charge in [-0.25, -0.2) is 0 Å². The Morgan fingerprint density at radius 2 is 2.45 bits per heavy atom. The van der Waals surface area contributed by atoms with Crippen molar-refractivity contribution >= 4 is 6.21 Å². The van der Waals surface area contributed by atoms with E-state index in [1.807, 2.05) is 7.05 Å². The van der Waals surface area contributed by atoms with Gasteiger partial charge in [-0.3, -0.25) is 0 Å². The molecule has 0 heterocycles. The average molecular weight is 154 g/mol. The number of rotatable bonds is 5. The predicted molar refractivity (Wildman–Crippen MR) is 47.1 cm³/mol. The van der Waals surface area contributed by atoms with Crippen LogP contribution in [0.3, 0.4) is 0 Å². The second kappa shape index (κ2) is 7.02. The molecule has 0 aliphatic rings. The van der Waals surface area contributed by atoms with Crippen molar-refractivity contribution in [3.63, 3.8) is 0 Å². The summed E-state index contributed by atoms with van der Waals surface area (Å²) in [6.07, 6.45) is 5.71. The van der Waals surface area contributed by atoms with Crippen molar-refractivity contribution in [1.82, 2.24) is 5.32 Å². The van der Waals surface area contributed by atoms with Crippen LogP contribution in [-0.2, 0) is 0 Å². The monoisotopic (exact) mass is 154 g/mol. The second-order valence-corrected chi connectivity index (χ2v) is 2.06. The fourth-order valence-corrected chi connectivity index (χ4v) is 0.652. The summed E-state index contributed by atoms with van der Waals surface area (Å²) in [7, 11) is 1.89. The molecule has 0 radical (unpaired) electrons. The standard InChI is InChI=1S/C8H14N2O/c1-3-8(4-6-9-2)5-7-10-11/h3,5,7,9,11H,1,4,6H2,2H3/b8-5+,10-7?. The van der Waals surface area contributed by atoms with Crippen LogP contribution in [0.15, 0.2) is 29.5 Å². The molecule has 0 saturated carbocycles. The first-order valence-electron chi connectivity index (χ1n) is 3.48. The van der Waals surface area contributed by atoms with Crippen molar-refractivity contribution in [2.75, 3.05) is 13.6 Å². The summed E-state index contributed by atoms with van der Waals surface area (Å²) in [6, 6.07) is 0. The minimum atomic E-state index is 0.895. The molecule has 2 N–H and O–H groups in total. The molecule has 0 unspecified atom stereocenters. The lowest BCUT2D eigenvalue weighted by molar-refractivity contribution is 0.322. The van der Waals surface area contributed by atoms with Crippen molar-refractivity contribution < 1.29 is 5.21 Å². The van der Waals surface area contributed by atoms with Crippen LogP contribution in [0.4, 0.5) is 0 Å². The Labute approximate surface area is 67.1 Å². The Balaban J connectivity index is 3.83. The topological polar surface area (TPSA) is 44.6 Å². The first-order chi connectivity index (χ1) is 5.35. The van der Waals surface area contributed by atoms with Gasteiger partial charge < -0.3 is 10.5 Å². The molecule has 0 bridgehead atoms. The van der Waals surface area contributed by atoms with E-state index in [0.717, 1.165) is 18.5 Å². The van der Waals surface area contributed by atoms with Crippen molar-refractivity contribution in [2.45, 2.75) is 6.42 Å². The Kier molecular flexibility index (Phi) is 6.33. The van der Waals surface area contributed by atoms with Crippen molar-refractivity contribution in [3.8, 4) is 0 Å². The molecule has 0 spiro atoms. The van der Waals surface area contributed by atoms with Gasteiger partial charge >= 0.3 is 0 Å². The van der Waals surface area contributed by atoms with Gasteiger partial charge in [0, 0.05) is 0 Å². The van der Waals surface area contributed by atoms with E-state index in [1.165, 1.54) is 6.21 Å². The highest BCUT2D eigenvalue weighted by molar-refractivity contribution is 5.72. The lowest BCUT2D eigenvalue weighted by atomic mass is 10.2. The largest absolute Gasteiger partial charge is 0.411 e. The Hall–Kier alpha value is -1.09. The molecular formula is C8H14N2O. The van der Waals surface area contributed by atoms with E-state index in [1.54, 1.807) is 12.2 Å². The Bertz CT molecular complexity index is 161. The number of oxime groups is 1. The molecule has 0 saturated heterocycles. The van der Waals surface area contributed by atoms with Crippen LogP contribution in [-0.4, -0.2) is 25.0 Å². The molecule has 0 rings (SSSR count). The predicted octanol–water partition coefficient (Wildman–Crippen LogP) is 1.17. The van der Waals surface area contributed by atoms with Gasteiger partial charge in [0.25, 0.3) is 0 Å². The fourth-order valence-electron chi connectivity index (χ4n) is 0.652. The van der Waals surface area contributed by atoms with E-state index < -0.39 is 0 Å². The van der Waals surface area contributed by atoms with Crippen molar-refractivity contribution in [3.05, 3.63) is 24.3 Å². The van der Waals surface area contributed by atoms with Gasteiger partial charge in [0.15, 0.2) is 0 Å². The molecule has 11 heavy (non-hydrogen) atoms. The number of hydrogen-bond acceptors (Lipinski definition) is 3. The third-order valence-corrected chi connectivity index (χ3v) is 1.28. The van der Waals surface area contributed by atoms with Crippen LogP contribution >= 0.6 is 0 Å². The summed E-state index contributed by atoms with van der Waals surface area (Å²) in [6.45, 7) is 4.53. The van der Waals surface area contributed by atoms with Crippen molar-refractivity contribution in [2.24, 2.45) is 5.16 Å². The molecule has 62 valence electrons. The van der Waals surface area contributed by atoms with Gasteiger partial charge in [-0.15, -0.1) is 0 Å².